The SMILES string of the molecule is CCOc1ccccc1/C=N\NC(=O)c1cc(OC)c(OC)c(OC)c1. The molecule has 0 bridgehead atoms. The molecule has 0 aliphatic carbocycles. The number of methoxy groups -OCH3 is 3. The van der Waals surface area contributed by atoms with Crippen molar-refractivity contribution in [2.45, 2.75) is 6.92 Å². The molecule has 0 heterocycles. The van der Waals surface area contributed by atoms with Crippen molar-refractivity contribution in [1.29, 1.82) is 0 Å². The number of carbonyl (C=O) groups is 1. The molecule has 26 heavy (non-hydrogen) atoms. The first-order valence-corrected chi connectivity index (χ1v) is 7.99. The van der Waals surface area contributed by atoms with Gasteiger partial charge in [-0.05, 0) is 31.2 Å². The summed E-state index contributed by atoms with van der Waals surface area (Å²) in [6.07, 6.45) is 1.53. The minimum absolute atomic E-state index is 0.328. The van der Waals surface area contributed by atoms with Crippen LogP contribution in [0.25, 0.3) is 0 Å². The van der Waals surface area contributed by atoms with Gasteiger partial charge in [-0.15, -0.1) is 0 Å². The highest BCUT2D eigenvalue weighted by atomic mass is 16.5. The third kappa shape index (κ3) is 4.44. The van der Waals surface area contributed by atoms with Crippen LogP contribution in [0.1, 0.15) is 22.8 Å². The van der Waals surface area contributed by atoms with E-state index in [0.29, 0.717) is 35.2 Å². The Labute approximate surface area is 152 Å². The van der Waals surface area contributed by atoms with E-state index < -0.39 is 5.91 Å². The molecular formula is C19H22N2O5. The molecule has 138 valence electrons. The monoisotopic (exact) mass is 358 g/mol. The average Bonchev–Trinajstić information content (AvgIpc) is 2.68. The Bertz CT molecular complexity index is 764. The number of ether oxygens (including phenoxy) is 4. The zero-order chi connectivity index (χ0) is 18.9. The first-order chi connectivity index (χ1) is 12.6. The van der Waals surface area contributed by atoms with Crippen LogP contribution in [0, 0.1) is 0 Å². The van der Waals surface area contributed by atoms with E-state index in [4.69, 9.17) is 18.9 Å². The van der Waals surface area contributed by atoms with Gasteiger partial charge in [0, 0.05) is 11.1 Å². The number of hydrazone groups is 1. The summed E-state index contributed by atoms with van der Waals surface area (Å²) in [6, 6.07) is 10.5. The standard InChI is InChI=1S/C19H22N2O5/c1-5-26-15-9-7-6-8-13(15)12-20-21-19(22)14-10-16(23-2)18(25-4)17(11-14)24-3/h6-12H,5H2,1-4H3,(H,21,22)/b20-12-. The second kappa shape index (κ2) is 9.31. The van der Waals surface area contributed by atoms with Crippen molar-refractivity contribution in [2.24, 2.45) is 5.10 Å². The molecule has 0 atom stereocenters. The molecule has 0 aliphatic rings. The lowest BCUT2D eigenvalue weighted by atomic mass is 10.1. The van der Waals surface area contributed by atoms with Gasteiger partial charge in [0.2, 0.25) is 5.75 Å². The predicted molar refractivity (Wildman–Crippen MR) is 98.8 cm³/mol. The van der Waals surface area contributed by atoms with E-state index in [0.717, 1.165) is 5.56 Å². The number of benzene rings is 2. The summed E-state index contributed by atoms with van der Waals surface area (Å²) in [6.45, 7) is 2.45. The maximum Gasteiger partial charge on any atom is 0.271 e. The van der Waals surface area contributed by atoms with Crippen LogP contribution in [0.3, 0.4) is 0 Å². The van der Waals surface area contributed by atoms with Gasteiger partial charge in [0.15, 0.2) is 11.5 Å². The highest BCUT2D eigenvalue weighted by Gasteiger charge is 2.16. The summed E-state index contributed by atoms with van der Waals surface area (Å²) in [4.78, 5) is 12.4. The zero-order valence-corrected chi connectivity index (χ0v) is 15.2. The number of amides is 1. The van der Waals surface area contributed by atoms with E-state index in [1.807, 2.05) is 31.2 Å². The number of hydrogen-bond acceptors (Lipinski definition) is 6. The zero-order valence-electron chi connectivity index (χ0n) is 15.2. The van der Waals surface area contributed by atoms with Crippen LogP contribution < -0.4 is 24.4 Å². The summed E-state index contributed by atoms with van der Waals surface area (Å²) in [5.74, 6) is 1.49. The number of hydrogen-bond donors (Lipinski definition) is 1. The van der Waals surface area contributed by atoms with E-state index >= 15 is 0 Å². The van der Waals surface area contributed by atoms with Gasteiger partial charge < -0.3 is 18.9 Å². The van der Waals surface area contributed by atoms with Crippen LogP contribution in [-0.4, -0.2) is 40.1 Å². The fourth-order valence-corrected chi connectivity index (χ4v) is 2.31. The molecule has 7 nitrogen and oxygen atoms in total. The van der Waals surface area contributed by atoms with Crippen molar-refractivity contribution in [2.75, 3.05) is 27.9 Å². The first kappa shape index (κ1) is 19.1. The molecular weight excluding hydrogens is 336 g/mol. The lowest BCUT2D eigenvalue weighted by Crippen LogP contribution is -2.18. The summed E-state index contributed by atoms with van der Waals surface area (Å²) < 4.78 is 21.2. The van der Waals surface area contributed by atoms with Gasteiger partial charge in [-0.3, -0.25) is 4.79 Å². The van der Waals surface area contributed by atoms with Crippen molar-refractivity contribution in [3.8, 4) is 23.0 Å². The average molecular weight is 358 g/mol. The van der Waals surface area contributed by atoms with Crippen LogP contribution in [-0.2, 0) is 0 Å². The Hall–Kier alpha value is -3.22. The maximum atomic E-state index is 12.4. The molecule has 0 aromatic heterocycles. The van der Waals surface area contributed by atoms with Crippen LogP contribution >= 0.6 is 0 Å². The molecule has 7 heteroatoms. The smallest absolute Gasteiger partial charge is 0.271 e. The molecule has 1 amide bonds. The quantitative estimate of drug-likeness (QED) is 0.580. The van der Waals surface area contributed by atoms with Crippen molar-refractivity contribution in [1.82, 2.24) is 5.43 Å². The minimum atomic E-state index is -0.408. The number of rotatable bonds is 8. The van der Waals surface area contributed by atoms with Crippen molar-refractivity contribution in [3.63, 3.8) is 0 Å². The highest BCUT2D eigenvalue weighted by molar-refractivity contribution is 5.96. The van der Waals surface area contributed by atoms with Crippen LogP contribution in [0.5, 0.6) is 23.0 Å². The highest BCUT2D eigenvalue weighted by Crippen LogP contribution is 2.38. The number of para-hydroxylation sites is 1. The van der Waals surface area contributed by atoms with Crippen molar-refractivity contribution in [3.05, 3.63) is 47.5 Å². The Kier molecular flexibility index (Phi) is 6.84. The molecule has 0 aliphatic heterocycles. The second-order valence-corrected chi connectivity index (χ2v) is 5.08. The Morgan fingerprint density at radius 1 is 1.04 bits per heavy atom. The van der Waals surface area contributed by atoms with Gasteiger partial charge in [-0.25, -0.2) is 5.43 Å². The number of nitrogens with one attached hydrogen (secondary N) is 1. The first-order valence-electron chi connectivity index (χ1n) is 7.99. The second-order valence-electron chi connectivity index (χ2n) is 5.08. The Morgan fingerprint density at radius 3 is 2.27 bits per heavy atom. The summed E-state index contributed by atoms with van der Waals surface area (Å²) in [5, 5.41) is 4.00. The Morgan fingerprint density at radius 2 is 1.69 bits per heavy atom. The van der Waals surface area contributed by atoms with Crippen LogP contribution in [0.4, 0.5) is 0 Å². The molecule has 0 fully saturated rings. The Balaban J connectivity index is 2.18. The molecule has 0 saturated carbocycles. The largest absolute Gasteiger partial charge is 0.493 e. The molecule has 0 spiro atoms. The van der Waals surface area contributed by atoms with Gasteiger partial charge in [-0.2, -0.15) is 5.10 Å². The molecule has 2 rings (SSSR count). The predicted octanol–water partition coefficient (Wildman–Crippen LogP) is 2.88. The van der Waals surface area contributed by atoms with Gasteiger partial charge in [0.1, 0.15) is 5.75 Å². The van der Waals surface area contributed by atoms with E-state index in [1.54, 1.807) is 12.1 Å². The fraction of sp³-hybridized carbons (Fsp3) is 0.263. The fourth-order valence-electron chi connectivity index (χ4n) is 2.31. The van der Waals surface area contributed by atoms with Crippen LogP contribution in [0.15, 0.2) is 41.5 Å². The van der Waals surface area contributed by atoms with Gasteiger partial charge in [0.25, 0.3) is 5.91 Å². The third-order valence-electron chi connectivity index (χ3n) is 3.52. The topological polar surface area (TPSA) is 78.4 Å². The number of carbonyl (C=O) groups excluding carboxylic acids is 1. The molecule has 2 aromatic carbocycles. The van der Waals surface area contributed by atoms with E-state index in [2.05, 4.69) is 10.5 Å². The van der Waals surface area contributed by atoms with Crippen molar-refractivity contribution >= 4 is 12.1 Å². The minimum Gasteiger partial charge on any atom is -0.493 e. The third-order valence-corrected chi connectivity index (χ3v) is 3.52. The molecule has 0 radical (unpaired) electrons. The van der Waals surface area contributed by atoms with E-state index in [1.165, 1.54) is 27.5 Å². The maximum absolute atomic E-state index is 12.4. The van der Waals surface area contributed by atoms with Gasteiger partial charge in [0.05, 0.1) is 34.2 Å². The number of nitrogens with zero attached hydrogens (tertiary/aromatic N) is 1. The molecule has 0 saturated heterocycles. The summed E-state index contributed by atoms with van der Waals surface area (Å²) in [7, 11) is 4.48. The summed E-state index contributed by atoms with van der Waals surface area (Å²) >= 11 is 0. The normalized spacial score (nSPS) is 10.5. The summed E-state index contributed by atoms with van der Waals surface area (Å²) in [5.41, 5.74) is 3.57. The van der Waals surface area contributed by atoms with Gasteiger partial charge in [-0.1, -0.05) is 12.1 Å². The van der Waals surface area contributed by atoms with E-state index in [-0.39, 0.29) is 0 Å². The van der Waals surface area contributed by atoms with Gasteiger partial charge >= 0.3 is 0 Å². The lowest BCUT2D eigenvalue weighted by Gasteiger charge is -2.13. The molecule has 1 N–H and O–H groups in total. The molecule has 2 aromatic rings. The van der Waals surface area contributed by atoms with E-state index in [9.17, 15) is 4.79 Å². The van der Waals surface area contributed by atoms with Crippen molar-refractivity contribution < 1.29 is 23.7 Å². The lowest BCUT2D eigenvalue weighted by molar-refractivity contribution is 0.0954. The van der Waals surface area contributed by atoms with Crippen LogP contribution in [0.2, 0.25) is 0 Å². The molecule has 0 unspecified atom stereocenters.